The number of nitro benzene ring substituents is 1. The normalized spacial score (nSPS) is 22.9. The molecule has 0 spiro atoms. The lowest BCUT2D eigenvalue weighted by Gasteiger charge is -2.20. The third-order valence-electron chi connectivity index (χ3n) is 3.88. The summed E-state index contributed by atoms with van der Waals surface area (Å²) in [5.41, 5.74) is 0.522. The Labute approximate surface area is 121 Å². The van der Waals surface area contributed by atoms with Crippen LogP contribution in [-0.2, 0) is 0 Å². The number of non-ortho nitro benzene ring substituents is 1. The highest BCUT2D eigenvalue weighted by Gasteiger charge is 2.24. The minimum absolute atomic E-state index is 0.0780. The molecule has 21 heavy (non-hydrogen) atoms. The number of fused-ring (bicyclic) bond motifs is 1. The van der Waals surface area contributed by atoms with Crippen LogP contribution >= 0.6 is 0 Å². The van der Waals surface area contributed by atoms with E-state index in [4.69, 9.17) is 4.42 Å². The van der Waals surface area contributed by atoms with Crippen LogP contribution in [0.15, 0.2) is 22.6 Å². The predicted octanol–water partition coefficient (Wildman–Crippen LogP) is 2.84. The molecule has 2 N–H and O–H groups in total. The maximum atomic E-state index is 11.0. The first-order chi connectivity index (χ1) is 10.1. The molecule has 0 aliphatic heterocycles. The highest BCUT2D eigenvalue weighted by Crippen LogP contribution is 2.29. The number of aromatic nitrogens is 1. The Bertz CT molecular complexity index is 655. The highest BCUT2D eigenvalue weighted by atomic mass is 16.6. The molecule has 0 radical (unpaired) electrons. The maximum absolute atomic E-state index is 11.0. The average Bonchev–Trinajstić information content (AvgIpc) is 2.76. The van der Waals surface area contributed by atoms with Crippen LogP contribution in [0.3, 0.4) is 0 Å². The third kappa shape index (κ3) is 2.82. The summed E-state index contributed by atoms with van der Waals surface area (Å²) in [5, 5.41) is 24.1. The zero-order chi connectivity index (χ0) is 14.8. The molecular weight excluding hydrogens is 274 g/mol. The molecule has 3 rings (SSSR count). The molecule has 0 amide bonds. The van der Waals surface area contributed by atoms with Gasteiger partial charge in [0.15, 0.2) is 11.1 Å². The Balaban J connectivity index is 1.87. The van der Waals surface area contributed by atoms with E-state index in [1.165, 1.54) is 6.07 Å². The summed E-state index contributed by atoms with van der Waals surface area (Å²) in [6.45, 7) is 0. The number of hydrogen-bond donors (Lipinski definition) is 2. The Hall–Kier alpha value is -2.15. The van der Waals surface area contributed by atoms with Gasteiger partial charge in [0, 0.05) is 6.07 Å². The molecule has 1 aromatic carbocycles. The molecule has 0 saturated heterocycles. The van der Waals surface area contributed by atoms with Crippen molar-refractivity contribution in [1.29, 1.82) is 0 Å². The first kappa shape index (κ1) is 13.8. The summed E-state index contributed by atoms with van der Waals surface area (Å²) >= 11 is 0. The summed E-state index contributed by atoms with van der Waals surface area (Å²) in [5.74, 6) is 0. The average molecular weight is 291 g/mol. The van der Waals surface area contributed by atoms with Crippen molar-refractivity contribution in [2.24, 2.45) is 0 Å². The van der Waals surface area contributed by atoms with Crippen molar-refractivity contribution in [1.82, 2.24) is 4.98 Å². The van der Waals surface area contributed by atoms with Crippen molar-refractivity contribution in [3.8, 4) is 0 Å². The van der Waals surface area contributed by atoms with E-state index in [2.05, 4.69) is 10.3 Å². The molecular formula is C14H17N3O4. The number of rotatable bonds is 3. The van der Waals surface area contributed by atoms with E-state index in [-0.39, 0.29) is 23.3 Å². The highest BCUT2D eigenvalue weighted by molar-refractivity contribution is 5.84. The monoisotopic (exact) mass is 291 g/mol. The Kier molecular flexibility index (Phi) is 3.74. The maximum Gasteiger partial charge on any atom is 0.298 e. The molecule has 2 unspecified atom stereocenters. The number of oxazole rings is 1. The van der Waals surface area contributed by atoms with Gasteiger partial charge in [0.1, 0.15) is 0 Å². The molecule has 7 nitrogen and oxygen atoms in total. The van der Waals surface area contributed by atoms with Gasteiger partial charge in [-0.25, -0.2) is 0 Å². The molecule has 112 valence electrons. The summed E-state index contributed by atoms with van der Waals surface area (Å²) < 4.78 is 5.51. The topological polar surface area (TPSA) is 101 Å². The Morgan fingerprint density at radius 3 is 2.95 bits per heavy atom. The van der Waals surface area contributed by atoms with E-state index in [9.17, 15) is 15.2 Å². The van der Waals surface area contributed by atoms with Crippen molar-refractivity contribution < 1.29 is 14.4 Å². The molecule has 7 heteroatoms. The van der Waals surface area contributed by atoms with Crippen LogP contribution in [0.2, 0.25) is 0 Å². The number of aliphatic hydroxyl groups excluding tert-OH is 1. The lowest BCUT2D eigenvalue weighted by molar-refractivity contribution is -0.383. The van der Waals surface area contributed by atoms with Gasteiger partial charge in [-0.1, -0.05) is 25.3 Å². The zero-order valence-electron chi connectivity index (χ0n) is 11.5. The van der Waals surface area contributed by atoms with Crippen LogP contribution in [-0.4, -0.2) is 27.2 Å². The number of anilines is 1. The zero-order valence-corrected chi connectivity index (χ0v) is 11.5. The van der Waals surface area contributed by atoms with Gasteiger partial charge < -0.3 is 14.8 Å². The second kappa shape index (κ2) is 5.69. The van der Waals surface area contributed by atoms with E-state index in [0.29, 0.717) is 5.58 Å². The molecule has 1 aliphatic rings. The largest absolute Gasteiger partial charge is 0.423 e. The fourth-order valence-corrected chi connectivity index (χ4v) is 2.76. The SMILES string of the molecule is O=[N+]([O-])c1cccc2oc(NC3CCCCCC3O)nc12. The molecule has 2 atom stereocenters. The van der Waals surface area contributed by atoms with Gasteiger partial charge in [-0.15, -0.1) is 0 Å². The Morgan fingerprint density at radius 1 is 1.33 bits per heavy atom. The summed E-state index contributed by atoms with van der Waals surface area (Å²) in [6, 6.07) is 4.71. The van der Waals surface area contributed by atoms with Crippen molar-refractivity contribution >= 4 is 22.8 Å². The second-order valence-electron chi connectivity index (χ2n) is 5.36. The van der Waals surface area contributed by atoms with Crippen molar-refractivity contribution in [3.05, 3.63) is 28.3 Å². The predicted molar refractivity (Wildman–Crippen MR) is 77.2 cm³/mol. The fourth-order valence-electron chi connectivity index (χ4n) is 2.76. The van der Waals surface area contributed by atoms with Crippen molar-refractivity contribution in [2.45, 2.75) is 44.2 Å². The van der Waals surface area contributed by atoms with Gasteiger partial charge in [0.25, 0.3) is 11.7 Å². The van der Waals surface area contributed by atoms with Crippen LogP contribution in [0.1, 0.15) is 32.1 Å². The van der Waals surface area contributed by atoms with Gasteiger partial charge in [-0.05, 0) is 18.9 Å². The second-order valence-corrected chi connectivity index (χ2v) is 5.36. The number of hydrogen-bond acceptors (Lipinski definition) is 6. The van der Waals surface area contributed by atoms with E-state index in [0.717, 1.165) is 32.1 Å². The number of nitro groups is 1. The number of aliphatic hydroxyl groups is 1. The van der Waals surface area contributed by atoms with E-state index in [1.807, 2.05) is 0 Å². The van der Waals surface area contributed by atoms with Crippen LogP contribution in [0, 0.1) is 10.1 Å². The van der Waals surface area contributed by atoms with Crippen molar-refractivity contribution in [2.75, 3.05) is 5.32 Å². The number of nitrogens with zero attached hydrogens (tertiary/aromatic N) is 2. The number of para-hydroxylation sites is 1. The van der Waals surface area contributed by atoms with Gasteiger partial charge in [0.05, 0.1) is 17.1 Å². The third-order valence-corrected chi connectivity index (χ3v) is 3.88. The molecule has 1 saturated carbocycles. The summed E-state index contributed by atoms with van der Waals surface area (Å²) in [7, 11) is 0. The van der Waals surface area contributed by atoms with Crippen molar-refractivity contribution in [3.63, 3.8) is 0 Å². The van der Waals surface area contributed by atoms with Gasteiger partial charge in [0.2, 0.25) is 0 Å². The minimum atomic E-state index is -0.477. The molecule has 0 bridgehead atoms. The lowest BCUT2D eigenvalue weighted by Crippen LogP contribution is -2.32. The van der Waals surface area contributed by atoms with E-state index in [1.54, 1.807) is 12.1 Å². The summed E-state index contributed by atoms with van der Waals surface area (Å²) in [4.78, 5) is 14.7. The first-order valence-corrected chi connectivity index (χ1v) is 7.13. The quantitative estimate of drug-likeness (QED) is 0.512. The van der Waals surface area contributed by atoms with Crippen LogP contribution < -0.4 is 5.32 Å². The van der Waals surface area contributed by atoms with E-state index >= 15 is 0 Å². The lowest BCUT2D eigenvalue weighted by atomic mass is 10.1. The molecule has 1 aromatic heterocycles. The molecule has 1 aliphatic carbocycles. The Morgan fingerprint density at radius 2 is 2.14 bits per heavy atom. The first-order valence-electron chi connectivity index (χ1n) is 7.13. The molecule has 1 heterocycles. The summed E-state index contributed by atoms with van der Waals surface area (Å²) in [6.07, 6.45) is 4.29. The van der Waals surface area contributed by atoms with Crippen LogP contribution in [0.5, 0.6) is 0 Å². The van der Waals surface area contributed by atoms with Gasteiger partial charge in [-0.2, -0.15) is 4.98 Å². The molecule has 2 aromatic rings. The smallest absolute Gasteiger partial charge is 0.298 e. The van der Waals surface area contributed by atoms with Gasteiger partial charge in [-0.3, -0.25) is 10.1 Å². The molecule has 1 fully saturated rings. The number of nitrogens with one attached hydrogen (secondary N) is 1. The van der Waals surface area contributed by atoms with Crippen LogP contribution in [0.4, 0.5) is 11.7 Å². The van der Waals surface area contributed by atoms with E-state index < -0.39 is 11.0 Å². The fraction of sp³-hybridized carbons (Fsp3) is 0.500. The van der Waals surface area contributed by atoms with Gasteiger partial charge >= 0.3 is 0 Å². The standard InChI is InChI=1S/C14H17N3O4/c18-11-7-3-1-2-5-9(11)15-14-16-13-10(17(19)20)6-4-8-12(13)21-14/h4,6,8-9,11,18H,1-3,5,7H2,(H,15,16). The minimum Gasteiger partial charge on any atom is -0.423 e. The van der Waals surface area contributed by atoms with Crippen LogP contribution in [0.25, 0.3) is 11.1 Å². The number of benzene rings is 1.